The standard InChI is InChI=1S/C11H22N2O3/c1-11(15,10(14)16-3)8-12-7-9-5-4-6-13(9)2/h9,12,15H,4-8H2,1-3H3. The minimum Gasteiger partial charge on any atom is -0.467 e. The van der Waals surface area contributed by atoms with Crippen LogP contribution in [0, 0.1) is 0 Å². The molecule has 0 bridgehead atoms. The Morgan fingerprint density at radius 3 is 2.88 bits per heavy atom. The molecule has 2 atom stereocenters. The number of likely N-dealkylation sites (tertiary alicyclic amines) is 1. The second kappa shape index (κ2) is 5.61. The molecule has 0 aliphatic carbocycles. The molecule has 1 heterocycles. The van der Waals surface area contributed by atoms with E-state index in [0.29, 0.717) is 6.04 Å². The molecule has 0 radical (unpaired) electrons. The first kappa shape index (κ1) is 13.4. The Labute approximate surface area is 96.8 Å². The molecule has 5 heteroatoms. The number of nitrogens with zero attached hydrogens (tertiary/aromatic N) is 1. The average molecular weight is 230 g/mol. The lowest BCUT2D eigenvalue weighted by molar-refractivity contribution is -0.159. The molecule has 16 heavy (non-hydrogen) atoms. The summed E-state index contributed by atoms with van der Waals surface area (Å²) in [6.07, 6.45) is 2.39. The molecular weight excluding hydrogens is 208 g/mol. The molecule has 1 rings (SSSR count). The minimum atomic E-state index is -1.44. The highest BCUT2D eigenvalue weighted by Gasteiger charge is 2.31. The second-order valence-electron chi connectivity index (χ2n) is 4.67. The summed E-state index contributed by atoms with van der Waals surface area (Å²) in [7, 11) is 3.37. The molecule has 0 saturated carbocycles. The second-order valence-corrected chi connectivity index (χ2v) is 4.67. The van der Waals surface area contributed by atoms with Gasteiger partial charge in [0.2, 0.25) is 0 Å². The molecule has 94 valence electrons. The lowest BCUT2D eigenvalue weighted by atomic mass is 10.1. The Bertz CT molecular complexity index is 243. The van der Waals surface area contributed by atoms with Crippen molar-refractivity contribution in [2.75, 3.05) is 33.8 Å². The van der Waals surface area contributed by atoms with Gasteiger partial charge in [-0.3, -0.25) is 0 Å². The van der Waals surface area contributed by atoms with Gasteiger partial charge in [-0.2, -0.15) is 0 Å². The molecule has 0 aromatic carbocycles. The van der Waals surface area contributed by atoms with Crippen LogP contribution in [-0.4, -0.2) is 61.4 Å². The van der Waals surface area contributed by atoms with Gasteiger partial charge in [-0.15, -0.1) is 0 Å². The first-order valence-electron chi connectivity index (χ1n) is 5.69. The predicted octanol–water partition coefficient (Wildman–Crippen LogP) is -0.406. The highest BCUT2D eigenvalue weighted by atomic mass is 16.5. The van der Waals surface area contributed by atoms with Crippen molar-refractivity contribution in [3.63, 3.8) is 0 Å². The summed E-state index contributed by atoms with van der Waals surface area (Å²) in [6, 6.07) is 0.508. The van der Waals surface area contributed by atoms with Gasteiger partial charge in [0.05, 0.1) is 7.11 Å². The predicted molar refractivity (Wildman–Crippen MR) is 61.2 cm³/mol. The summed E-state index contributed by atoms with van der Waals surface area (Å²) in [5.74, 6) is -0.597. The molecule has 1 fully saturated rings. The van der Waals surface area contributed by atoms with Gasteiger partial charge in [-0.05, 0) is 33.4 Å². The summed E-state index contributed by atoms with van der Waals surface area (Å²) in [4.78, 5) is 13.5. The average Bonchev–Trinajstić information content (AvgIpc) is 2.63. The van der Waals surface area contributed by atoms with E-state index in [9.17, 15) is 9.90 Å². The van der Waals surface area contributed by atoms with Crippen molar-refractivity contribution in [2.45, 2.75) is 31.4 Å². The zero-order valence-corrected chi connectivity index (χ0v) is 10.3. The van der Waals surface area contributed by atoms with Crippen molar-refractivity contribution < 1.29 is 14.6 Å². The van der Waals surface area contributed by atoms with Crippen molar-refractivity contribution in [1.29, 1.82) is 0 Å². The number of aliphatic hydroxyl groups is 1. The van der Waals surface area contributed by atoms with Crippen LogP contribution in [0.25, 0.3) is 0 Å². The van der Waals surface area contributed by atoms with Crippen LogP contribution < -0.4 is 5.32 Å². The molecule has 1 saturated heterocycles. The maximum absolute atomic E-state index is 11.2. The number of hydrogen-bond donors (Lipinski definition) is 2. The van der Waals surface area contributed by atoms with Crippen molar-refractivity contribution in [3.8, 4) is 0 Å². The molecule has 2 unspecified atom stereocenters. The third kappa shape index (κ3) is 3.43. The van der Waals surface area contributed by atoms with Gasteiger partial charge in [-0.1, -0.05) is 0 Å². The van der Waals surface area contributed by atoms with Crippen molar-refractivity contribution in [1.82, 2.24) is 10.2 Å². The van der Waals surface area contributed by atoms with E-state index in [4.69, 9.17) is 0 Å². The van der Waals surface area contributed by atoms with Crippen molar-refractivity contribution in [2.24, 2.45) is 0 Å². The summed E-state index contributed by atoms with van der Waals surface area (Å²) < 4.78 is 4.52. The van der Waals surface area contributed by atoms with Gasteiger partial charge in [0.1, 0.15) is 0 Å². The monoisotopic (exact) mass is 230 g/mol. The fourth-order valence-electron chi connectivity index (χ4n) is 2.01. The maximum atomic E-state index is 11.2. The molecular formula is C11H22N2O3. The quantitative estimate of drug-likeness (QED) is 0.629. The normalized spacial score (nSPS) is 25.4. The van der Waals surface area contributed by atoms with E-state index in [1.165, 1.54) is 26.9 Å². The van der Waals surface area contributed by atoms with E-state index in [1.54, 1.807) is 0 Å². The van der Waals surface area contributed by atoms with Gasteiger partial charge in [-0.25, -0.2) is 4.79 Å². The largest absolute Gasteiger partial charge is 0.467 e. The van der Waals surface area contributed by atoms with Crippen molar-refractivity contribution in [3.05, 3.63) is 0 Å². The van der Waals surface area contributed by atoms with Crippen LogP contribution in [0.1, 0.15) is 19.8 Å². The Kier molecular flexibility index (Phi) is 4.70. The lowest BCUT2D eigenvalue weighted by Gasteiger charge is -2.24. The van der Waals surface area contributed by atoms with Crippen LogP contribution in [0.2, 0.25) is 0 Å². The van der Waals surface area contributed by atoms with Crippen LogP contribution in [-0.2, 0) is 9.53 Å². The fourth-order valence-corrected chi connectivity index (χ4v) is 2.01. The third-order valence-corrected chi connectivity index (χ3v) is 3.15. The summed E-state index contributed by atoms with van der Waals surface area (Å²) in [5.41, 5.74) is -1.44. The number of nitrogens with one attached hydrogen (secondary N) is 1. The number of methoxy groups -OCH3 is 1. The first-order chi connectivity index (χ1) is 7.47. The van der Waals surface area contributed by atoms with E-state index >= 15 is 0 Å². The number of rotatable bonds is 5. The number of carbonyl (C=O) groups is 1. The molecule has 0 aromatic heterocycles. The van der Waals surface area contributed by atoms with Gasteiger partial charge in [0, 0.05) is 19.1 Å². The van der Waals surface area contributed by atoms with Crippen molar-refractivity contribution >= 4 is 5.97 Å². The zero-order valence-electron chi connectivity index (χ0n) is 10.3. The minimum absolute atomic E-state index is 0.226. The van der Waals surface area contributed by atoms with Gasteiger partial charge in [0.25, 0.3) is 0 Å². The van der Waals surface area contributed by atoms with Gasteiger partial charge >= 0.3 is 5.97 Å². The number of hydrogen-bond acceptors (Lipinski definition) is 5. The first-order valence-corrected chi connectivity index (χ1v) is 5.69. The number of likely N-dealkylation sites (N-methyl/N-ethyl adjacent to an activating group) is 1. The molecule has 0 amide bonds. The smallest absolute Gasteiger partial charge is 0.338 e. The Morgan fingerprint density at radius 1 is 1.69 bits per heavy atom. The SMILES string of the molecule is COC(=O)C(C)(O)CNCC1CCCN1C. The number of carbonyl (C=O) groups excluding carboxylic acids is 1. The molecule has 0 aromatic rings. The van der Waals surface area contributed by atoms with Gasteiger partial charge < -0.3 is 20.1 Å². The highest BCUT2D eigenvalue weighted by molar-refractivity contribution is 5.78. The number of esters is 1. The van der Waals surface area contributed by atoms with Crippen LogP contribution in [0.5, 0.6) is 0 Å². The van der Waals surface area contributed by atoms with E-state index in [2.05, 4.69) is 22.0 Å². The molecule has 0 spiro atoms. The third-order valence-electron chi connectivity index (χ3n) is 3.15. The van der Waals surface area contributed by atoms with Gasteiger partial charge in [0.15, 0.2) is 5.60 Å². The van der Waals surface area contributed by atoms with E-state index in [0.717, 1.165) is 13.1 Å². The summed E-state index contributed by atoms with van der Waals surface area (Å²) in [6.45, 7) is 3.61. The summed E-state index contributed by atoms with van der Waals surface area (Å²) in [5, 5.41) is 12.9. The number of ether oxygens (including phenoxy) is 1. The van der Waals surface area contributed by atoms with Crippen LogP contribution >= 0.6 is 0 Å². The molecule has 2 N–H and O–H groups in total. The molecule has 1 aliphatic rings. The molecule has 1 aliphatic heterocycles. The lowest BCUT2D eigenvalue weighted by Crippen LogP contribution is -2.48. The van der Waals surface area contributed by atoms with E-state index in [1.807, 2.05) is 0 Å². The molecule has 5 nitrogen and oxygen atoms in total. The Morgan fingerprint density at radius 2 is 2.38 bits per heavy atom. The zero-order chi connectivity index (χ0) is 12.2. The van der Waals surface area contributed by atoms with Crippen LogP contribution in [0.3, 0.4) is 0 Å². The highest BCUT2D eigenvalue weighted by Crippen LogP contribution is 2.13. The Hall–Kier alpha value is -0.650. The topological polar surface area (TPSA) is 61.8 Å². The maximum Gasteiger partial charge on any atom is 0.338 e. The fraction of sp³-hybridized carbons (Fsp3) is 0.909. The van der Waals surface area contributed by atoms with E-state index < -0.39 is 11.6 Å². The van der Waals surface area contributed by atoms with E-state index in [-0.39, 0.29) is 6.54 Å². The van der Waals surface area contributed by atoms with Crippen LogP contribution in [0.4, 0.5) is 0 Å². The summed E-state index contributed by atoms with van der Waals surface area (Å²) >= 11 is 0. The van der Waals surface area contributed by atoms with Crippen LogP contribution in [0.15, 0.2) is 0 Å². The Balaban J connectivity index is 2.26.